The Balaban J connectivity index is 1.22. The number of amides is 3. The minimum atomic E-state index is -0.601. The molecule has 1 spiro atoms. The van der Waals surface area contributed by atoms with Crippen molar-refractivity contribution in [3.63, 3.8) is 0 Å². The Labute approximate surface area is 252 Å². The van der Waals surface area contributed by atoms with Crippen LogP contribution < -0.4 is 20.7 Å². The number of carbonyl (C=O) groups is 3. The minimum absolute atomic E-state index is 0.0137. The Morgan fingerprint density at radius 2 is 1.84 bits per heavy atom. The van der Waals surface area contributed by atoms with Gasteiger partial charge in [0.2, 0.25) is 11.8 Å². The molecule has 0 aliphatic carbocycles. The van der Waals surface area contributed by atoms with Crippen LogP contribution in [0.15, 0.2) is 60.7 Å². The summed E-state index contributed by atoms with van der Waals surface area (Å²) in [5.74, 6) is 1.19. The average Bonchev–Trinajstić information content (AvgIpc) is 3.33. The summed E-state index contributed by atoms with van der Waals surface area (Å²) in [4.78, 5) is 46.3. The number of carbonyl (C=O) groups excluding carboxylic acids is 3. The van der Waals surface area contributed by atoms with Gasteiger partial charge in [0.1, 0.15) is 18.2 Å². The van der Waals surface area contributed by atoms with Crippen molar-refractivity contribution in [3.8, 4) is 5.75 Å². The van der Waals surface area contributed by atoms with Crippen LogP contribution in [0.2, 0.25) is 0 Å². The maximum atomic E-state index is 13.9. The maximum Gasteiger partial charge on any atom is 0.255 e. The summed E-state index contributed by atoms with van der Waals surface area (Å²) in [6, 6.07) is 14.9. The molecule has 228 valence electrons. The van der Waals surface area contributed by atoms with Crippen LogP contribution >= 0.6 is 0 Å². The number of piperidine rings is 1. The zero-order chi connectivity index (χ0) is 30.4. The van der Waals surface area contributed by atoms with Crippen LogP contribution in [0.5, 0.6) is 5.75 Å². The molecule has 0 bridgehead atoms. The number of aromatic nitrogens is 2. The largest absolute Gasteiger partial charge is 0.491 e. The third kappa shape index (κ3) is 7.07. The number of benzene rings is 2. The van der Waals surface area contributed by atoms with Gasteiger partial charge < -0.3 is 25.3 Å². The third-order valence-corrected chi connectivity index (χ3v) is 8.71. The second-order valence-electron chi connectivity index (χ2n) is 11.9. The molecule has 3 heterocycles. The molecule has 1 fully saturated rings. The lowest BCUT2D eigenvalue weighted by Crippen LogP contribution is -2.54. The van der Waals surface area contributed by atoms with Gasteiger partial charge in [-0.05, 0) is 62.5 Å². The summed E-state index contributed by atoms with van der Waals surface area (Å²) >= 11 is 0. The smallest absolute Gasteiger partial charge is 0.255 e. The van der Waals surface area contributed by atoms with E-state index in [1.165, 1.54) is 0 Å². The van der Waals surface area contributed by atoms with Crippen LogP contribution in [0.3, 0.4) is 0 Å². The second kappa shape index (κ2) is 13.4. The highest BCUT2D eigenvalue weighted by molar-refractivity contribution is 5.97. The van der Waals surface area contributed by atoms with Gasteiger partial charge in [0, 0.05) is 13.6 Å². The van der Waals surface area contributed by atoms with E-state index in [0.29, 0.717) is 56.8 Å². The first-order chi connectivity index (χ1) is 20.8. The van der Waals surface area contributed by atoms with Gasteiger partial charge in [-0.1, -0.05) is 50.3 Å². The lowest BCUT2D eigenvalue weighted by atomic mass is 9.74. The van der Waals surface area contributed by atoms with Gasteiger partial charge in [0.25, 0.3) is 5.91 Å². The Morgan fingerprint density at radius 3 is 2.60 bits per heavy atom. The molecule has 0 unspecified atom stereocenters. The van der Waals surface area contributed by atoms with Crippen molar-refractivity contribution in [2.45, 2.75) is 45.7 Å². The van der Waals surface area contributed by atoms with E-state index < -0.39 is 5.41 Å². The highest BCUT2D eigenvalue weighted by Crippen LogP contribution is 2.36. The number of allylic oxidation sites excluding steroid dienone is 1. The summed E-state index contributed by atoms with van der Waals surface area (Å²) in [7, 11) is 1.95. The van der Waals surface area contributed by atoms with Crippen LogP contribution in [0.25, 0.3) is 11.0 Å². The van der Waals surface area contributed by atoms with E-state index in [0.717, 1.165) is 16.9 Å². The molecule has 1 saturated heterocycles. The second-order valence-corrected chi connectivity index (χ2v) is 11.9. The summed E-state index contributed by atoms with van der Waals surface area (Å²) < 4.78 is 8.09. The first-order valence-corrected chi connectivity index (χ1v) is 15.1. The number of likely N-dealkylation sites (tertiary alicyclic amines) is 1. The lowest BCUT2D eigenvalue weighted by molar-refractivity contribution is -0.135. The standard InChI is InChI=1S/C33H42N6O4/c1-23(2)26-22-43-28-13-7-4-10-24(28)31(41)34-17-9-8-14-33(32(42)37-26)15-18-39(19-16-33)21-30(40)35-20-29-36-25-11-5-6-12-27(25)38(29)3/h4-13,23,26H,14-22H2,1-3H3,(H,34,41)(H,35,40)(H,37,42)/b9-8+/t26-/m0/s1. The minimum Gasteiger partial charge on any atom is -0.491 e. The molecule has 5 rings (SSSR count). The number of hydrogen-bond acceptors (Lipinski definition) is 6. The third-order valence-electron chi connectivity index (χ3n) is 8.71. The topological polar surface area (TPSA) is 118 Å². The summed E-state index contributed by atoms with van der Waals surface area (Å²) in [5, 5.41) is 9.22. The van der Waals surface area contributed by atoms with E-state index in [1.54, 1.807) is 12.1 Å². The molecule has 3 N–H and O–H groups in total. The molecule has 2 aliphatic rings. The molecule has 1 aromatic heterocycles. The van der Waals surface area contributed by atoms with Crippen LogP contribution in [0.1, 0.15) is 49.3 Å². The van der Waals surface area contributed by atoms with Crippen molar-refractivity contribution in [2.24, 2.45) is 18.4 Å². The van der Waals surface area contributed by atoms with Crippen molar-refractivity contribution in [2.75, 3.05) is 32.8 Å². The number of nitrogens with one attached hydrogen (secondary N) is 3. The normalized spacial score (nSPS) is 20.5. The first kappa shape index (κ1) is 30.3. The zero-order valence-corrected chi connectivity index (χ0v) is 25.3. The molecule has 43 heavy (non-hydrogen) atoms. The molecule has 0 saturated carbocycles. The van der Waals surface area contributed by atoms with Gasteiger partial charge in [-0.3, -0.25) is 19.3 Å². The molecule has 2 aliphatic heterocycles. The van der Waals surface area contributed by atoms with Crippen molar-refractivity contribution >= 4 is 28.8 Å². The quantitative estimate of drug-likeness (QED) is 0.396. The monoisotopic (exact) mass is 586 g/mol. The van der Waals surface area contributed by atoms with Crippen LogP contribution in [-0.4, -0.2) is 71.0 Å². The van der Waals surface area contributed by atoms with E-state index in [2.05, 4.69) is 39.7 Å². The molecule has 10 nitrogen and oxygen atoms in total. The zero-order valence-electron chi connectivity index (χ0n) is 25.3. The fourth-order valence-corrected chi connectivity index (χ4v) is 5.77. The Morgan fingerprint density at radius 1 is 1.09 bits per heavy atom. The van der Waals surface area contributed by atoms with E-state index >= 15 is 0 Å². The summed E-state index contributed by atoms with van der Waals surface area (Å²) in [6.07, 6.45) is 5.72. The van der Waals surface area contributed by atoms with Crippen LogP contribution in [0, 0.1) is 11.3 Å². The molecule has 0 radical (unpaired) electrons. The number of imidazole rings is 1. The van der Waals surface area contributed by atoms with Crippen molar-refractivity contribution < 1.29 is 19.1 Å². The molecular weight excluding hydrogens is 544 g/mol. The molecule has 2 aromatic carbocycles. The number of para-hydroxylation sites is 3. The van der Waals surface area contributed by atoms with Crippen LogP contribution in [-0.2, 0) is 23.2 Å². The summed E-state index contributed by atoms with van der Waals surface area (Å²) in [6.45, 7) is 6.62. The van der Waals surface area contributed by atoms with Crippen molar-refractivity contribution in [1.29, 1.82) is 0 Å². The highest BCUT2D eigenvalue weighted by atomic mass is 16.5. The maximum absolute atomic E-state index is 13.9. The highest BCUT2D eigenvalue weighted by Gasteiger charge is 2.41. The molecular formula is C33H42N6O4. The molecule has 1 atom stereocenters. The number of nitrogens with zero attached hydrogens (tertiary/aromatic N) is 3. The molecule has 3 amide bonds. The fourth-order valence-electron chi connectivity index (χ4n) is 5.77. The van der Waals surface area contributed by atoms with E-state index in [9.17, 15) is 14.4 Å². The Kier molecular flexibility index (Phi) is 9.45. The van der Waals surface area contributed by atoms with E-state index in [4.69, 9.17) is 4.74 Å². The Bertz CT molecular complexity index is 1490. The van der Waals surface area contributed by atoms with Gasteiger partial charge in [0.05, 0.1) is 41.1 Å². The molecule has 10 heteroatoms. The number of aryl methyl sites for hydroxylation is 1. The fraction of sp³-hybridized carbons (Fsp3) is 0.455. The molecule has 3 aromatic rings. The number of ether oxygens (including phenoxy) is 1. The number of rotatable bonds is 5. The van der Waals surface area contributed by atoms with Crippen LogP contribution in [0.4, 0.5) is 0 Å². The first-order valence-electron chi connectivity index (χ1n) is 15.1. The summed E-state index contributed by atoms with van der Waals surface area (Å²) in [5.41, 5.74) is 1.81. The van der Waals surface area contributed by atoms with Gasteiger partial charge in [-0.15, -0.1) is 0 Å². The lowest BCUT2D eigenvalue weighted by Gasteiger charge is -2.41. The predicted octanol–water partition coefficient (Wildman–Crippen LogP) is 3.18. The number of hydrogen-bond donors (Lipinski definition) is 3. The van der Waals surface area contributed by atoms with Crippen molar-refractivity contribution in [3.05, 3.63) is 72.1 Å². The number of fused-ring (bicyclic) bond motifs is 2. The van der Waals surface area contributed by atoms with Gasteiger partial charge in [-0.25, -0.2) is 4.98 Å². The Hall–Kier alpha value is -4.18. The van der Waals surface area contributed by atoms with Crippen molar-refractivity contribution in [1.82, 2.24) is 30.4 Å². The van der Waals surface area contributed by atoms with E-state index in [1.807, 2.05) is 60.2 Å². The van der Waals surface area contributed by atoms with Gasteiger partial charge >= 0.3 is 0 Å². The van der Waals surface area contributed by atoms with Gasteiger partial charge in [-0.2, -0.15) is 0 Å². The SMILES string of the molecule is CC(C)[C@@H]1COc2ccccc2C(=O)NC/C=C/CC2(CCN(CC(=O)NCc3nc4ccccc4n3C)CC2)C(=O)N1. The average molecular weight is 587 g/mol. The van der Waals surface area contributed by atoms with E-state index in [-0.39, 0.29) is 42.8 Å². The predicted molar refractivity (Wildman–Crippen MR) is 165 cm³/mol. The van der Waals surface area contributed by atoms with Gasteiger partial charge in [0.15, 0.2) is 0 Å².